The molecule has 4 aliphatic carbocycles. The van der Waals surface area contributed by atoms with Crippen molar-refractivity contribution >= 4 is 61.7 Å². The number of pyridine rings is 1. The molecule has 0 radical (unpaired) electrons. The Morgan fingerprint density at radius 1 is 1.00 bits per heavy atom. The van der Waals surface area contributed by atoms with Crippen LogP contribution in [0.3, 0.4) is 0 Å². The summed E-state index contributed by atoms with van der Waals surface area (Å²) in [5, 5.41) is 35.7. The number of phenolic OH excluding ortho intramolecular Hbond substituents is 1. The molecular formula is C31H18BrN3O10S. The normalized spacial score (nSPS) is 17.0. The monoisotopic (exact) mass is 703 g/mol. The lowest BCUT2D eigenvalue weighted by Gasteiger charge is -2.27. The number of rotatable bonds is 4. The first kappa shape index (κ1) is 29.3. The lowest BCUT2D eigenvalue weighted by Crippen LogP contribution is -2.51. The maximum absolute atomic E-state index is 13.6. The number of benzene rings is 1. The Bertz CT molecular complexity index is 2740. The van der Waals surface area contributed by atoms with Crippen molar-refractivity contribution < 1.29 is 24.9 Å². The minimum absolute atomic E-state index is 0.0994. The number of hydrazone groups is 1. The third-order valence-corrected chi connectivity index (χ3v) is 10.1. The minimum Gasteiger partial charge on any atom is -0.510 e. The summed E-state index contributed by atoms with van der Waals surface area (Å²) >= 11 is 4.48. The van der Waals surface area contributed by atoms with Gasteiger partial charge in [0.2, 0.25) is 16.3 Å². The van der Waals surface area contributed by atoms with Crippen LogP contribution in [-0.2, 0) is 11.8 Å². The number of H-pyrrole nitrogens is 1. The number of aromatic amines is 1. The summed E-state index contributed by atoms with van der Waals surface area (Å²) < 4.78 is 5.65. The molecule has 0 saturated heterocycles. The first-order chi connectivity index (χ1) is 21.9. The number of carbonyl (C=O) groups is 1. The number of hydrogen-bond acceptors (Lipinski definition) is 12. The number of aromatic hydroxyl groups is 1. The lowest BCUT2D eigenvalue weighted by molar-refractivity contribution is 0.0959. The summed E-state index contributed by atoms with van der Waals surface area (Å²) in [6.45, 7) is 0. The van der Waals surface area contributed by atoms with Crippen molar-refractivity contribution in [1.82, 2.24) is 10.4 Å². The number of aliphatic hydroxyl groups is 2. The number of carbonyl (C=O) groups excluding carboxylic acids is 1. The van der Waals surface area contributed by atoms with Gasteiger partial charge in [-0.15, -0.1) is 11.3 Å². The number of thiophene rings is 1. The number of aliphatic hydroxyl groups excluding tert-OH is 2. The number of aryl methyl sites for hydroxylation is 1. The number of fused-ring (bicyclic) bond motifs is 4. The fraction of sp³-hybridized carbons (Fsp3) is 0.129. The van der Waals surface area contributed by atoms with Crippen molar-refractivity contribution in [3.8, 4) is 11.5 Å². The van der Waals surface area contributed by atoms with Crippen molar-refractivity contribution in [2.45, 2.75) is 18.3 Å². The molecule has 2 heterocycles. The summed E-state index contributed by atoms with van der Waals surface area (Å²) in [7, 11) is 1.11. The van der Waals surface area contributed by atoms with E-state index < -0.39 is 82.5 Å². The number of methoxy groups -OCH3 is 1. The van der Waals surface area contributed by atoms with E-state index in [4.69, 9.17) is 4.74 Å². The van der Waals surface area contributed by atoms with Gasteiger partial charge in [-0.05, 0) is 57.9 Å². The molecule has 0 fully saturated rings. The van der Waals surface area contributed by atoms with E-state index in [-0.39, 0.29) is 34.9 Å². The Kier molecular flexibility index (Phi) is 6.40. The van der Waals surface area contributed by atoms with Crippen molar-refractivity contribution in [2.75, 3.05) is 7.11 Å². The first-order valence-electron chi connectivity index (χ1n) is 13.5. The molecule has 0 unspecified atom stereocenters. The molecule has 0 aliphatic heterocycles. The van der Waals surface area contributed by atoms with Crippen LogP contribution in [0.1, 0.15) is 32.9 Å². The molecule has 4 aliphatic rings. The summed E-state index contributed by atoms with van der Waals surface area (Å²) in [6.07, 6.45) is 1.21. The number of ether oxygens (including phenoxy) is 1. The minimum atomic E-state index is -2.00. The highest BCUT2D eigenvalue weighted by Gasteiger charge is 2.53. The SMILES string of the molecule is COc1cc(=O)c2c(=O)c3c(c(=O)c=2c1=O)=C(O)[C@]1(CCc2cc4cc(C=NNC(=O)c5ccc(Br)s5)[nH]c(=O)c4c(O)c21)C=3O. The predicted molar refractivity (Wildman–Crippen MR) is 170 cm³/mol. The van der Waals surface area contributed by atoms with Crippen LogP contribution in [0.2, 0.25) is 0 Å². The Morgan fingerprint density at radius 3 is 2.35 bits per heavy atom. The molecule has 1 amide bonds. The third kappa shape index (κ3) is 3.81. The van der Waals surface area contributed by atoms with Gasteiger partial charge in [-0.1, -0.05) is 6.07 Å². The fourth-order valence-electron chi connectivity index (χ4n) is 6.49. The molecule has 230 valence electrons. The molecule has 7 rings (SSSR count). The summed E-state index contributed by atoms with van der Waals surface area (Å²) in [5.74, 6) is -3.12. The maximum atomic E-state index is 13.6. The van der Waals surface area contributed by atoms with Crippen molar-refractivity contribution in [3.05, 3.63) is 128 Å². The van der Waals surface area contributed by atoms with Crippen LogP contribution in [0.25, 0.3) is 22.3 Å². The molecule has 0 saturated carbocycles. The van der Waals surface area contributed by atoms with E-state index in [9.17, 15) is 44.1 Å². The summed E-state index contributed by atoms with van der Waals surface area (Å²) in [5.41, 5.74) is -4.24. The van der Waals surface area contributed by atoms with Gasteiger partial charge in [0.1, 0.15) is 22.7 Å². The molecule has 46 heavy (non-hydrogen) atoms. The number of phenols is 1. The van der Waals surface area contributed by atoms with Gasteiger partial charge in [0.05, 0.1) is 53.9 Å². The fourth-order valence-corrected chi connectivity index (χ4v) is 7.77. The number of halogens is 1. The number of amides is 1. The second-order valence-corrected chi connectivity index (χ2v) is 13.2. The van der Waals surface area contributed by atoms with Gasteiger partial charge in [-0.25, -0.2) is 5.43 Å². The average Bonchev–Trinajstić information content (AvgIpc) is 3.68. The molecule has 0 bridgehead atoms. The van der Waals surface area contributed by atoms with Gasteiger partial charge in [0.15, 0.2) is 11.2 Å². The van der Waals surface area contributed by atoms with Crippen LogP contribution in [0.4, 0.5) is 0 Å². The van der Waals surface area contributed by atoms with Gasteiger partial charge in [0.25, 0.3) is 11.5 Å². The summed E-state index contributed by atoms with van der Waals surface area (Å²) in [4.78, 5) is 81.4. The van der Waals surface area contributed by atoms with Crippen molar-refractivity contribution in [3.63, 3.8) is 0 Å². The summed E-state index contributed by atoms with van der Waals surface area (Å²) in [6, 6.07) is 7.14. The van der Waals surface area contributed by atoms with Crippen LogP contribution >= 0.6 is 27.3 Å². The largest absolute Gasteiger partial charge is 0.510 e. The number of nitrogens with one attached hydrogen (secondary N) is 2. The zero-order valence-electron chi connectivity index (χ0n) is 23.3. The van der Waals surface area contributed by atoms with Gasteiger partial charge in [-0.3, -0.25) is 28.8 Å². The molecule has 5 N–H and O–H groups in total. The van der Waals surface area contributed by atoms with E-state index in [2.05, 4.69) is 31.4 Å². The van der Waals surface area contributed by atoms with Crippen LogP contribution in [0.15, 0.2) is 63.2 Å². The molecule has 1 aromatic carbocycles. The van der Waals surface area contributed by atoms with Gasteiger partial charge in [0, 0.05) is 11.6 Å². The van der Waals surface area contributed by atoms with Crippen LogP contribution < -0.4 is 47.9 Å². The topological polar surface area (TPSA) is 213 Å². The highest BCUT2D eigenvalue weighted by Crippen LogP contribution is 2.54. The first-order valence-corrected chi connectivity index (χ1v) is 15.1. The average molecular weight is 704 g/mol. The van der Waals surface area contributed by atoms with Crippen LogP contribution in [0, 0.1) is 10.4 Å². The zero-order chi connectivity index (χ0) is 32.8. The Hall–Kier alpha value is -5.41. The maximum Gasteiger partial charge on any atom is 0.281 e. The van der Waals surface area contributed by atoms with E-state index in [0.717, 1.165) is 17.0 Å². The lowest BCUT2D eigenvalue weighted by atomic mass is 9.78. The van der Waals surface area contributed by atoms with E-state index in [0.29, 0.717) is 10.4 Å². The van der Waals surface area contributed by atoms with E-state index in [1.54, 1.807) is 18.2 Å². The molecule has 2 aromatic heterocycles. The quantitative estimate of drug-likeness (QED) is 0.126. The number of aromatic nitrogens is 1. The Balaban J connectivity index is 1.41. The standard InChI is InChI=1S/C31H18BrN3O10S/c1-45-14-8-13(36)18-19(23(14)37)25(39)21-20(24(18)38)27(41)31(28(21)42)5-4-10-6-11-7-12(34-30(44)17(11)26(40)22(10)31)9-33-35-29(43)15-2-3-16(32)46-15/h2-3,6-9,40-42H,4-5H2,1H3,(H,34,44)(H,35,43)/t31-/m0/s1. The second-order valence-electron chi connectivity index (χ2n) is 10.7. The van der Waals surface area contributed by atoms with Crippen molar-refractivity contribution in [1.29, 1.82) is 0 Å². The van der Waals surface area contributed by atoms with Gasteiger partial charge < -0.3 is 25.0 Å². The van der Waals surface area contributed by atoms with Crippen LogP contribution in [-0.4, -0.2) is 39.5 Å². The molecule has 1 spiro atoms. The molecule has 3 aromatic rings. The number of hydrogen-bond donors (Lipinski definition) is 5. The van der Waals surface area contributed by atoms with E-state index >= 15 is 0 Å². The second kappa shape index (κ2) is 10.1. The van der Waals surface area contributed by atoms with Crippen LogP contribution in [0.5, 0.6) is 11.5 Å². The Labute approximate surface area is 266 Å². The van der Waals surface area contributed by atoms with Gasteiger partial charge >= 0.3 is 0 Å². The van der Waals surface area contributed by atoms with E-state index in [1.807, 2.05) is 0 Å². The smallest absolute Gasteiger partial charge is 0.281 e. The predicted octanol–water partition coefficient (Wildman–Crippen LogP) is 0.102. The number of nitrogens with zero attached hydrogens (tertiary/aromatic N) is 1. The van der Waals surface area contributed by atoms with Crippen molar-refractivity contribution in [2.24, 2.45) is 5.10 Å². The Morgan fingerprint density at radius 2 is 1.70 bits per heavy atom. The highest BCUT2D eigenvalue weighted by atomic mass is 79.9. The highest BCUT2D eigenvalue weighted by molar-refractivity contribution is 9.11. The van der Waals surface area contributed by atoms with E-state index in [1.165, 1.54) is 23.6 Å². The molecule has 1 atom stereocenters. The van der Waals surface area contributed by atoms with Gasteiger partial charge in [-0.2, -0.15) is 5.10 Å². The molecule has 15 heteroatoms. The molecule has 13 nitrogen and oxygen atoms in total. The third-order valence-electron chi connectivity index (χ3n) is 8.44. The molecular weight excluding hydrogens is 686 g/mol. The zero-order valence-corrected chi connectivity index (χ0v) is 25.7.